The van der Waals surface area contributed by atoms with Crippen molar-refractivity contribution in [2.45, 2.75) is 52.1 Å². The SMILES string of the molecule is CCCCNC(=O)[C@H](CC)N(Cc1ccccc1Cl)C(=O)Cc1ccccc1Cl. The molecule has 6 heteroatoms. The van der Waals surface area contributed by atoms with Gasteiger partial charge in [-0.3, -0.25) is 9.59 Å². The van der Waals surface area contributed by atoms with Gasteiger partial charge in [-0.15, -0.1) is 0 Å². The van der Waals surface area contributed by atoms with Gasteiger partial charge in [0, 0.05) is 23.1 Å². The van der Waals surface area contributed by atoms with E-state index in [0.29, 0.717) is 23.0 Å². The van der Waals surface area contributed by atoms with Gasteiger partial charge in [0.2, 0.25) is 11.8 Å². The van der Waals surface area contributed by atoms with Crippen LogP contribution in [0.5, 0.6) is 0 Å². The van der Waals surface area contributed by atoms with Gasteiger partial charge in [-0.2, -0.15) is 0 Å². The number of carbonyl (C=O) groups is 2. The van der Waals surface area contributed by atoms with E-state index in [2.05, 4.69) is 12.2 Å². The lowest BCUT2D eigenvalue weighted by molar-refractivity contribution is -0.140. The maximum absolute atomic E-state index is 13.3. The third-order valence-corrected chi connectivity index (χ3v) is 5.55. The van der Waals surface area contributed by atoms with Crippen molar-refractivity contribution in [2.24, 2.45) is 0 Å². The number of nitrogens with one attached hydrogen (secondary N) is 1. The standard InChI is InChI=1S/C23H28Cl2N2O2/c1-3-5-14-26-23(29)21(4-2)27(16-18-11-7-9-13-20(18)25)22(28)15-17-10-6-8-12-19(17)24/h6-13,21H,3-5,14-16H2,1-2H3,(H,26,29)/t21-/m0/s1. The average Bonchev–Trinajstić information content (AvgIpc) is 2.71. The Hall–Kier alpha value is -2.04. The molecular formula is C23H28Cl2N2O2. The summed E-state index contributed by atoms with van der Waals surface area (Å²) in [6, 6.07) is 14.1. The molecule has 0 aromatic heterocycles. The minimum atomic E-state index is -0.571. The first kappa shape index (κ1) is 23.2. The van der Waals surface area contributed by atoms with Gasteiger partial charge in [0.05, 0.1) is 6.42 Å². The Balaban J connectivity index is 2.28. The summed E-state index contributed by atoms with van der Waals surface area (Å²) in [7, 11) is 0. The summed E-state index contributed by atoms with van der Waals surface area (Å²) in [4.78, 5) is 27.7. The van der Waals surface area contributed by atoms with E-state index in [9.17, 15) is 9.59 Å². The first-order chi connectivity index (χ1) is 14.0. The van der Waals surface area contributed by atoms with Gasteiger partial charge >= 0.3 is 0 Å². The summed E-state index contributed by atoms with van der Waals surface area (Å²) in [5, 5.41) is 4.07. The molecule has 2 aromatic rings. The Morgan fingerprint density at radius 3 is 2.10 bits per heavy atom. The minimum absolute atomic E-state index is 0.128. The molecule has 0 spiro atoms. The van der Waals surface area contributed by atoms with Crippen molar-refractivity contribution in [3.8, 4) is 0 Å². The topological polar surface area (TPSA) is 49.4 Å². The Kier molecular flexibility index (Phi) is 9.49. The molecule has 1 N–H and O–H groups in total. The number of benzene rings is 2. The van der Waals surface area contributed by atoms with E-state index >= 15 is 0 Å². The van der Waals surface area contributed by atoms with E-state index in [0.717, 1.165) is 24.0 Å². The summed E-state index contributed by atoms with van der Waals surface area (Å²) in [5.74, 6) is -0.295. The van der Waals surface area contributed by atoms with Gasteiger partial charge in [0.25, 0.3) is 0 Å². The molecule has 0 aliphatic heterocycles. The summed E-state index contributed by atoms with van der Waals surface area (Å²) in [6.07, 6.45) is 2.53. The van der Waals surface area contributed by atoms with Crippen molar-refractivity contribution in [2.75, 3.05) is 6.54 Å². The lowest BCUT2D eigenvalue weighted by atomic mass is 10.1. The normalized spacial score (nSPS) is 11.7. The molecule has 0 aliphatic rings. The molecule has 4 nitrogen and oxygen atoms in total. The Bertz CT molecular complexity index is 826. The molecule has 2 amide bonds. The highest BCUT2D eigenvalue weighted by atomic mass is 35.5. The number of hydrogen-bond donors (Lipinski definition) is 1. The minimum Gasteiger partial charge on any atom is -0.354 e. The molecule has 29 heavy (non-hydrogen) atoms. The molecule has 0 bridgehead atoms. The predicted octanol–water partition coefficient (Wildman–Crippen LogP) is 5.26. The highest BCUT2D eigenvalue weighted by Gasteiger charge is 2.29. The van der Waals surface area contributed by atoms with Crippen LogP contribution in [-0.4, -0.2) is 29.3 Å². The third-order valence-electron chi connectivity index (χ3n) is 4.81. The second kappa shape index (κ2) is 11.8. The van der Waals surface area contributed by atoms with Gasteiger partial charge < -0.3 is 10.2 Å². The predicted molar refractivity (Wildman–Crippen MR) is 119 cm³/mol. The van der Waals surface area contributed by atoms with Crippen LogP contribution in [0, 0.1) is 0 Å². The monoisotopic (exact) mass is 434 g/mol. The highest BCUT2D eigenvalue weighted by Crippen LogP contribution is 2.22. The van der Waals surface area contributed by atoms with Crippen LogP contribution < -0.4 is 5.32 Å². The van der Waals surface area contributed by atoms with Crippen LogP contribution in [0.3, 0.4) is 0 Å². The zero-order valence-electron chi connectivity index (χ0n) is 17.0. The average molecular weight is 435 g/mol. The van der Waals surface area contributed by atoms with E-state index in [1.54, 1.807) is 17.0 Å². The fourth-order valence-corrected chi connectivity index (χ4v) is 3.54. The van der Waals surface area contributed by atoms with Gasteiger partial charge in [0.15, 0.2) is 0 Å². The van der Waals surface area contributed by atoms with Crippen molar-refractivity contribution in [1.29, 1.82) is 0 Å². The van der Waals surface area contributed by atoms with E-state index in [1.165, 1.54) is 0 Å². The number of rotatable bonds is 10. The molecule has 156 valence electrons. The Morgan fingerprint density at radius 2 is 1.55 bits per heavy atom. The molecule has 0 saturated heterocycles. The summed E-state index contributed by atoms with van der Waals surface area (Å²) in [6.45, 7) is 4.85. The number of halogens is 2. The number of nitrogens with zero attached hydrogens (tertiary/aromatic N) is 1. The van der Waals surface area contributed by atoms with E-state index in [1.807, 2.05) is 43.3 Å². The molecule has 2 rings (SSSR count). The Morgan fingerprint density at radius 1 is 0.966 bits per heavy atom. The van der Waals surface area contributed by atoms with Crippen LogP contribution in [-0.2, 0) is 22.6 Å². The molecule has 0 aliphatic carbocycles. The van der Waals surface area contributed by atoms with Gasteiger partial charge in [0.1, 0.15) is 6.04 Å². The molecule has 0 radical (unpaired) electrons. The molecule has 0 heterocycles. The third kappa shape index (κ3) is 6.76. The van der Waals surface area contributed by atoms with Crippen LogP contribution >= 0.6 is 23.2 Å². The van der Waals surface area contributed by atoms with Crippen molar-refractivity contribution in [3.05, 3.63) is 69.7 Å². The van der Waals surface area contributed by atoms with Crippen molar-refractivity contribution in [3.63, 3.8) is 0 Å². The maximum Gasteiger partial charge on any atom is 0.242 e. The summed E-state index contributed by atoms with van der Waals surface area (Å²) < 4.78 is 0. The van der Waals surface area contributed by atoms with Crippen LogP contribution in [0.25, 0.3) is 0 Å². The van der Waals surface area contributed by atoms with Crippen LogP contribution in [0.15, 0.2) is 48.5 Å². The first-order valence-electron chi connectivity index (χ1n) is 10.0. The fourth-order valence-electron chi connectivity index (χ4n) is 3.14. The van der Waals surface area contributed by atoms with Crippen molar-refractivity contribution >= 4 is 35.0 Å². The second-order valence-corrected chi connectivity index (χ2v) is 7.76. The zero-order valence-corrected chi connectivity index (χ0v) is 18.5. The molecule has 0 saturated carbocycles. The van der Waals surface area contributed by atoms with Crippen molar-refractivity contribution in [1.82, 2.24) is 10.2 Å². The zero-order chi connectivity index (χ0) is 21.2. The van der Waals surface area contributed by atoms with Crippen LogP contribution in [0.1, 0.15) is 44.2 Å². The second-order valence-electron chi connectivity index (χ2n) is 6.95. The summed E-state index contributed by atoms with van der Waals surface area (Å²) in [5.41, 5.74) is 1.55. The van der Waals surface area contributed by atoms with Gasteiger partial charge in [-0.25, -0.2) is 0 Å². The number of carbonyl (C=O) groups excluding carboxylic acids is 2. The van der Waals surface area contributed by atoms with Crippen molar-refractivity contribution < 1.29 is 9.59 Å². The fraction of sp³-hybridized carbons (Fsp3) is 0.391. The smallest absolute Gasteiger partial charge is 0.242 e. The molecule has 0 unspecified atom stereocenters. The Labute approximate surface area is 183 Å². The first-order valence-corrected chi connectivity index (χ1v) is 10.8. The molecule has 0 fully saturated rings. The number of hydrogen-bond acceptors (Lipinski definition) is 2. The summed E-state index contributed by atoms with van der Waals surface area (Å²) >= 11 is 12.6. The molecule has 2 aromatic carbocycles. The van der Waals surface area contributed by atoms with Gasteiger partial charge in [-0.1, -0.05) is 79.9 Å². The van der Waals surface area contributed by atoms with Crippen LogP contribution in [0.4, 0.5) is 0 Å². The highest BCUT2D eigenvalue weighted by molar-refractivity contribution is 6.31. The maximum atomic E-state index is 13.3. The quantitative estimate of drug-likeness (QED) is 0.518. The lowest BCUT2D eigenvalue weighted by Gasteiger charge is -2.31. The lowest BCUT2D eigenvalue weighted by Crippen LogP contribution is -2.49. The van der Waals surface area contributed by atoms with Crippen LogP contribution in [0.2, 0.25) is 10.0 Å². The number of unbranched alkanes of at least 4 members (excludes halogenated alkanes) is 1. The van der Waals surface area contributed by atoms with Gasteiger partial charge in [-0.05, 0) is 36.1 Å². The van der Waals surface area contributed by atoms with E-state index < -0.39 is 6.04 Å². The molecule has 1 atom stereocenters. The largest absolute Gasteiger partial charge is 0.354 e. The van der Waals surface area contributed by atoms with E-state index in [4.69, 9.17) is 23.2 Å². The van der Waals surface area contributed by atoms with E-state index in [-0.39, 0.29) is 24.8 Å². The molecular weight excluding hydrogens is 407 g/mol. The number of amides is 2.